The molecule has 5 nitrogen and oxygen atoms in total. The molecule has 0 unspecified atom stereocenters. The van der Waals surface area contributed by atoms with Crippen molar-refractivity contribution in [2.24, 2.45) is 0 Å². The third-order valence-electron chi connectivity index (χ3n) is 4.01. The number of hydrogen-bond donors (Lipinski definition) is 0. The van der Waals surface area contributed by atoms with Crippen LogP contribution < -0.4 is 0 Å². The van der Waals surface area contributed by atoms with Gasteiger partial charge in [-0.1, -0.05) is 12.1 Å². The van der Waals surface area contributed by atoms with E-state index in [-0.39, 0.29) is 11.5 Å². The molecule has 0 radical (unpaired) electrons. The molecule has 1 aromatic carbocycles. The van der Waals surface area contributed by atoms with Gasteiger partial charge < -0.3 is 14.0 Å². The SMILES string of the molecule is CCO/C=C\c1c(C(=O)OC)ncc2c1ccn2Cc1ccc(F)cc1. The molecule has 26 heavy (non-hydrogen) atoms. The first-order valence-electron chi connectivity index (χ1n) is 8.22. The average molecular weight is 354 g/mol. The molecule has 0 N–H and O–H groups in total. The maximum absolute atomic E-state index is 13.1. The lowest BCUT2D eigenvalue weighted by molar-refractivity contribution is 0.0594. The molecule has 2 aromatic heterocycles. The smallest absolute Gasteiger partial charge is 0.357 e. The highest BCUT2D eigenvalue weighted by molar-refractivity contribution is 6.00. The highest BCUT2D eigenvalue weighted by Crippen LogP contribution is 2.25. The number of aromatic nitrogens is 2. The lowest BCUT2D eigenvalue weighted by Gasteiger charge is -2.09. The molecular weight excluding hydrogens is 335 g/mol. The molecule has 6 heteroatoms. The van der Waals surface area contributed by atoms with Gasteiger partial charge in [-0.15, -0.1) is 0 Å². The number of nitrogens with zero attached hydrogens (tertiary/aromatic N) is 2. The second-order valence-corrected chi connectivity index (χ2v) is 5.64. The summed E-state index contributed by atoms with van der Waals surface area (Å²) in [5.74, 6) is -0.770. The number of pyridine rings is 1. The number of halogens is 1. The first kappa shape index (κ1) is 17.7. The van der Waals surface area contributed by atoms with Crippen LogP contribution in [0.1, 0.15) is 28.5 Å². The highest BCUT2D eigenvalue weighted by atomic mass is 19.1. The topological polar surface area (TPSA) is 53.4 Å². The van der Waals surface area contributed by atoms with Gasteiger partial charge >= 0.3 is 5.97 Å². The van der Waals surface area contributed by atoms with Gasteiger partial charge in [-0.05, 0) is 36.8 Å². The molecule has 0 amide bonds. The van der Waals surface area contributed by atoms with Gasteiger partial charge in [0.1, 0.15) is 5.82 Å². The van der Waals surface area contributed by atoms with E-state index in [1.54, 1.807) is 30.7 Å². The van der Waals surface area contributed by atoms with Crippen LogP contribution in [0.15, 0.2) is 49.0 Å². The predicted octanol–water partition coefficient (Wildman–Crippen LogP) is 4.02. The summed E-state index contributed by atoms with van der Waals surface area (Å²) in [7, 11) is 1.32. The summed E-state index contributed by atoms with van der Waals surface area (Å²) < 4.78 is 25.2. The summed E-state index contributed by atoms with van der Waals surface area (Å²) in [5, 5.41) is 0.860. The molecule has 0 bridgehead atoms. The zero-order valence-corrected chi connectivity index (χ0v) is 14.6. The van der Waals surface area contributed by atoms with Gasteiger partial charge in [0, 0.05) is 23.7 Å². The fraction of sp³-hybridized carbons (Fsp3) is 0.200. The monoisotopic (exact) mass is 354 g/mol. The summed E-state index contributed by atoms with van der Waals surface area (Å²) >= 11 is 0. The van der Waals surface area contributed by atoms with E-state index >= 15 is 0 Å². The van der Waals surface area contributed by atoms with Gasteiger partial charge in [-0.25, -0.2) is 14.2 Å². The first-order valence-corrected chi connectivity index (χ1v) is 8.22. The zero-order valence-electron chi connectivity index (χ0n) is 14.6. The van der Waals surface area contributed by atoms with E-state index in [1.165, 1.54) is 19.2 Å². The Kier molecular flexibility index (Phi) is 5.31. The molecule has 0 spiro atoms. The summed E-state index contributed by atoms with van der Waals surface area (Å²) in [4.78, 5) is 16.3. The van der Waals surface area contributed by atoms with Crippen LogP contribution in [-0.2, 0) is 16.0 Å². The standard InChI is InChI=1S/C20H19FN2O3/c1-3-26-11-9-17-16-8-10-23(13-14-4-6-15(21)7-5-14)18(16)12-22-19(17)20(24)25-2/h4-12H,3,13H2,1-2H3/b11-9-. The van der Waals surface area contributed by atoms with Crippen LogP contribution in [0.5, 0.6) is 0 Å². The molecule has 0 atom stereocenters. The van der Waals surface area contributed by atoms with E-state index in [4.69, 9.17) is 9.47 Å². The van der Waals surface area contributed by atoms with Crippen molar-refractivity contribution in [2.75, 3.05) is 13.7 Å². The minimum atomic E-state index is -0.505. The van der Waals surface area contributed by atoms with Crippen LogP contribution in [0, 0.1) is 5.82 Å². The van der Waals surface area contributed by atoms with E-state index in [9.17, 15) is 9.18 Å². The van der Waals surface area contributed by atoms with Gasteiger partial charge in [0.2, 0.25) is 0 Å². The van der Waals surface area contributed by atoms with Gasteiger partial charge in [0.15, 0.2) is 5.69 Å². The Morgan fingerprint density at radius 2 is 2.04 bits per heavy atom. The molecule has 134 valence electrons. The van der Waals surface area contributed by atoms with E-state index in [0.717, 1.165) is 16.5 Å². The Morgan fingerprint density at radius 1 is 1.27 bits per heavy atom. The van der Waals surface area contributed by atoms with Crippen molar-refractivity contribution < 1.29 is 18.7 Å². The van der Waals surface area contributed by atoms with Gasteiger partial charge in [-0.3, -0.25) is 0 Å². The summed E-state index contributed by atoms with van der Waals surface area (Å²) in [5.41, 5.74) is 2.70. The third kappa shape index (κ3) is 3.59. The number of ether oxygens (including phenoxy) is 2. The van der Waals surface area contributed by atoms with Crippen molar-refractivity contribution in [3.05, 3.63) is 71.6 Å². The number of carbonyl (C=O) groups is 1. The summed E-state index contributed by atoms with van der Waals surface area (Å²) in [6, 6.07) is 8.27. The number of rotatable bonds is 6. The maximum atomic E-state index is 13.1. The lowest BCUT2D eigenvalue weighted by Crippen LogP contribution is -2.07. The average Bonchev–Trinajstić information content (AvgIpc) is 3.06. The fourth-order valence-corrected chi connectivity index (χ4v) is 2.74. The Balaban J connectivity index is 2.04. The molecule has 0 aliphatic rings. The first-order chi connectivity index (χ1) is 12.6. The molecule has 0 saturated carbocycles. The molecule has 2 heterocycles. The number of carbonyl (C=O) groups excluding carboxylic acids is 1. The van der Waals surface area contributed by atoms with Crippen LogP contribution in [0.4, 0.5) is 4.39 Å². The molecule has 3 rings (SSSR count). The summed E-state index contributed by atoms with van der Waals surface area (Å²) in [6.45, 7) is 2.97. The van der Waals surface area contributed by atoms with Crippen molar-refractivity contribution in [2.45, 2.75) is 13.5 Å². The summed E-state index contributed by atoms with van der Waals surface area (Å²) in [6.07, 6.45) is 6.81. The van der Waals surface area contributed by atoms with Crippen LogP contribution in [-0.4, -0.2) is 29.2 Å². The molecule has 0 aliphatic heterocycles. The molecule has 3 aromatic rings. The van der Waals surface area contributed by atoms with Gasteiger partial charge in [0.25, 0.3) is 0 Å². The van der Waals surface area contributed by atoms with Crippen molar-refractivity contribution >= 4 is 22.9 Å². The second kappa shape index (κ2) is 7.82. The van der Waals surface area contributed by atoms with E-state index in [2.05, 4.69) is 4.98 Å². The quantitative estimate of drug-likeness (QED) is 0.496. The van der Waals surface area contributed by atoms with Crippen molar-refractivity contribution in [1.82, 2.24) is 9.55 Å². The Hall–Kier alpha value is -3.15. The molecular formula is C20H19FN2O3. The third-order valence-corrected chi connectivity index (χ3v) is 4.01. The van der Waals surface area contributed by atoms with Crippen molar-refractivity contribution in [3.8, 4) is 0 Å². The minimum absolute atomic E-state index is 0.232. The van der Waals surface area contributed by atoms with Gasteiger partial charge in [0.05, 0.1) is 31.7 Å². The molecule has 0 fully saturated rings. The number of benzene rings is 1. The second-order valence-electron chi connectivity index (χ2n) is 5.64. The maximum Gasteiger partial charge on any atom is 0.357 e. The van der Waals surface area contributed by atoms with Crippen LogP contribution in [0.2, 0.25) is 0 Å². The minimum Gasteiger partial charge on any atom is -0.501 e. The largest absolute Gasteiger partial charge is 0.501 e. The Labute approximate surface area is 150 Å². The Morgan fingerprint density at radius 3 is 2.73 bits per heavy atom. The Bertz CT molecular complexity index is 946. The zero-order chi connectivity index (χ0) is 18.5. The van der Waals surface area contributed by atoms with Gasteiger partial charge in [-0.2, -0.15) is 0 Å². The van der Waals surface area contributed by atoms with E-state index in [1.807, 2.05) is 23.8 Å². The van der Waals surface area contributed by atoms with Crippen LogP contribution >= 0.6 is 0 Å². The van der Waals surface area contributed by atoms with Crippen molar-refractivity contribution in [1.29, 1.82) is 0 Å². The number of fused-ring (bicyclic) bond motifs is 1. The fourth-order valence-electron chi connectivity index (χ4n) is 2.74. The van der Waals surface area contributed by atoms with E-state index < -0.39 is 5.97 Å². The predicted molar refractivity (Wildman–Crippen MR) is 97.2 cm³/mol. The highest BCUT2D eigenvalue weighted by Gasteiger charge is 2.17. The normalized spacial score (nSPS) is 11.2. The van der Waals surface area contributed by atoms with Crippen LogP contribution in [0.3, 0.4) is 0 Å². The number of hydrogen-bond acceptors (Lipinski definition) is 4. The lowest BCUT2D eigenvalue weighted by atomic mass is 10.1. The molecule has 0 saturated heterocycles. The van der Waals surface area contributed by atoms with Crippen LogP contribution in [0.25, 0.3) is 17.0 Å². The van der Waals surface area contributed by atoms with Crippen molar-refractivity contribution in [3.63, 3.8) is 0 Å². The molecule has 0 aliphatic carbocycles. The number of methoxy groups -OCH3 is 1. The van der Waals surface area contributed by atoms with E-state index in [0.29, 0.717) is 18.7 Å². The number of esters is 1.